The average molecular weight is 363 g/mol. The summed E-state index contributed by atoms with van der Waals surface area (Å²) in [6.07, 6.45) is 0.499. The molecule has 8 heteroatoms. The lowest BCUT2D eigenvalue weighted by Gasteiger charge is -2.23. The Morgan fingerprint density at radius 3 is 2.46 bits per heavy atom. The number of ether oxygens (including phenoxy) is 1. The molecule has 0 aliphatic rings. The zero-order valence-corrected chi connectivity index (χ0v) is 15.0. The zero-order valence-electron chi connectivity index (χ0n) is 15.0. The van der Waals surface area contributed by atoms with E-state index in [0.29, 0.717) is 12.7 Å². The molecule has 1 aromatic rings. The van der Waals surface area contributed by atoms with Crippen LogP contribution >= 0.6 is 0 Å². The van der Waals surface area contributed by atoms with Crippen molar-refractivity contribution < 1.29 is 23.9 Å². The normalized spacial score (nSPS) is 12.4. The summed E-state index contributed by atoms with van der Waals surface area (Å²) in [6.45, 7) is 3.36. The topological polar surface area (TPSA) is 114 Å². The quantitative estimate of drug-likeness (QED) is 0.531. The standard InChI is InChI=1S/C18H25N3O5/c1-3-13(2)16(17(24)19-9-10-22)21-15(23)11-20-18(25)26-12-14-7-5-4-6-8-14/h4-8,10,13,16H,3,9,11-12H2,1-2H3,(H,19,24)(H,20,25)(H,21,23). The number of amides is 3. The molecule has 0 spiro atoms. The predicted molar refractivity (Wildman–Crippen MR) is 95.1 cm³/mol. The van der Waals surface area contributed by atoms with Crippen molar-refractivity contribution in [3.05, 3.63) is 35.9 Å². The molecule has 0 aliphatic carbocycles. The van der Waals surface area contributed by atoms with Crippen molar-refractivity contribution in [1.29, 1.82) is 0 Å². The summed E-state index contributed by atoms with van der Waals surface area (Å²) >= 11 is 0. The average Bonchev–Trinajstić information content (AvgIpc) is 2.67. The van der Waals surface area contributed by atoms with Gasteiger partial charge in [0.15, 0.2) is 0 Å². The summed E-state index contributed by atoms with van der Waals surface area (Å²) in [5.74, 6) is -1.09. The van der Waals surface area contributed by atoms with E-state index in [1.165, 1.54) is 0 Å². The zero-order chi connectivity index (χ0) is 19.4. The number of benzene rings is 1. The van der Waals surface area contributed by atoms with Gasteiger partial charge in [0.25, 0.3) is 0 Å². The van der Waals surface area contributed by atoms with Crippen LogP contribution in [0.2, 0.25) is 0 Å². The molecule has 0 fully saturated rings. The number of alkyl carbamates (subject to hydrolysis) is 1. The Hall–Kier alpha value is -2.90. The summed E-state index contributed by atoms with van der Waals surface area (Å²) in [6, 6.07) is 8.36. The van der Waals surface area contributed by atoms with Crippen LogP contribution in [-0.4, -0.2) is 43.3 Å². The fraction of sp³-hybridized carbons (Fsp3) is 0.444. The second-order valence-corrected chi connectivity index (χ2v) is 5.76. The van der Waals surface area contributed by atoms with Gasteiger partial charge >= 0.3 is 6.09 Å². The minimum absolute atomic E-state index is 0.0951. The van der Waals surface area contributed by atoms with Crippen molar-refractivity contribution >= 4 is 24.2 Å². The molecule has 0 saturated heterocycles. The summed E-state index contributed by atoms with van der Waals surface area (Å²) in [5, 5.41) is 7.33. The first kappa shape index (κ1) is 21.1. The summed E-state index contributed by atoms with van der Waals surface area (Å²) < 4.78 is 5.00. The van der Waals surface area contributed by atoms with Crippen molar-refractivity contribution in [2.75, 3.05) is 13.1 Å². The molecule has 2 unspecified atom stereocenters. The van der Waals surface area contributed by atoms with E-state index in [0.717, 1.165) is 5.56 Å². The fourth-order valence-corrected chi connectivity index (χ4v) is 2.11. The van der Waals surface area contributed by atoms with Gasteiger partial charge in [-0.25, -0.2) is 4.79 Å². The molecule has 0 heterocycles. The molecule has 0 aromatic heterocycles. The Balaban J connectivity index is 2.42. The Bertz CT molecular complexity index is 606. The van der Waals surface area contributed by atoms with E-state index in [2.05, 4.69) is 16.0 Å². The van der Waals surface area contributed by atoms with Crippen LogP contribution in [0.25, 0.3) is 0 Å². The van der Waals surface area contributed by atoms with Gasteiger partial charge in [-0.15, -0.1) is 0 Å². The minimum atomic E-state index is -0.783. The lowest BCUT2D eigenvalue weighted by Crippen LogP contribution is -2.52. The Morgan fingerprint density at radius 1 is 1.15 bits per heavy atom. The number of rotatable bonds is 10. The van der Waals surface area contributed by atoms with Crippen molar-refractivity contribution in [2.24, 2.45) is 5.92 Å². The highest BCUT2D eigenvalue weighted by atomic mass is 16.5. The van der Waals surface area contributed by atoms with Gasteiger partial charge in [0, 0.05) is 0 Å². The number of carbonyl (C=O) groups is 4. The molecule has 0 aliphatic heterocycles. The third-order valence-corrected chi connectivity index (χ3v) is 3.78. The SMILES string of the molecule is CCC(C)C(NC(=O)CNC(=O)OCc1ccccc1)C(=O)NCC=O. The highest BCUT2D eigenvalue weighted by molar-refractivity contribution is 5.90. The third kappa shape index (κ3) is 7.78. The van der Waals surface area contributed by atoms with Gasteiger partial charge in [-0.3, -0.25) is 9.59 Å². The Labute approximate surface area is 152 Å². The van der Waals surface area contributed by atoms with Gasteiger partial charge in [-0.05, 0) is 11.5 Å². The van der Waals surface area contributed by atoms with Gasteiger partial charge in [-0.2, -0.15) is 0 Å². The van der Waals surface area contributed by atoms with E-state index >= 15 is 0 Å². The number of hydrogen-bond donors (Lipinski definition) is 3. The third-order valence-electron chi connectivity index (χ3n) is 3.78. The van der Waals surface area contributed by atoms with Crippen LogP contribution in [0.4, 0.5) is 4.79 Å². The van der Waals surface area contributed by atoms with Crippen LogP contribution < -0.4 is 16.0 Å². The molecule has 0 saturated carbocycles. The highest BCUT2D eigenvalue weighted by Crippen LogP contribution is 2.07. The molecule has 26 heavy (non-hydrogen) atoms. The monoisotopic (exact) mass is 363 g/mol. The predicted octanol–water partition coefficient (Wildman–Crippen LogP) is 0.759. The van der Waals surface area contributed by atoms with Gasteiger partial charge in [0.05, 0.1) is 6.54 Å². The van der Waals surface area contributed by atoms with E-state index < -0.39 is 23.9 Å². The Kier molecular flexibility index (Phi) is 9.45. The highest BCUT2D eigenvalue weighted by Gasteiger charge is 2.25. The van der Waals surface area contributed by atoms with Crippen molar-refractivity contribution in [2.45, 2.75) is 32.9 Å². The molecule has 0 radical (unpaired) electrons. The maximum absolute atomic E-state index is 12.0. The van der Waals surface area contributed by atoms with E-state index in [1.807, 2.05) is 44.2 Å². The van der Waals surface area contributed by atoms with Gasteiger partial charge in [-0.1, -0.05) is 50.6 Å². The van der Waals surface area contributed by atoms with Gasteiger partial charge in [0.1, 0.15) is 25.5 Å². The van der Waals surface area contributed by atoms with E-state index in [1.54, 1.807) is 0 Å². The van der Waals surface area contributed by atoms with Crippen LogP contribution in [0.3, 0.4) is 0 Å². The molecule has 3 amide bonds. The largest absolute Gasteiger partial charge is 0.445 e. The smallest absolute Gasteiger partial charge is 0.407 e. The van der Waals surface area contributed by atoms with E-state index in [9.17, 15) is 19.2 Å². The van der Waals surface area contributed by atoms with Crippen molar-refractivity contribution in [3.8, 4) is 0 Å². The lowest BCUT2D eigenvalue weighted by atomic mass is 9.98. The minimum Gasteiger partial charge on any atom is -0.445 e. The summed E-state index contributed by atoms with van der Waals surface area (Å²) in [4.78, 5) is 46.1. The molecule has 142 valence electrons. The van der Waals surface area contributed by atoms with Crippen LogP contribution in [0.15, 0.2) is 30.3 Å². The summed E-state index contributed by atoms with van der Waals surface area (Å²) in [5.41, 5.74) is 0.829. The first-order valence-corrected chi connectivity index (χ1v) is 8.43. The van der Waals surface area contributed by atoms with Crippen molar-refractivity contribution in [1.82, 2.24) is 16.0 Å². The second-order valence-electron chi connectivity index (χ2n) is 5.76. The van der Waals surface area contributed by atoms with Gasteiger partial charge < -0.3 is 25.5 Å². The molecule has 8 nitrogen and oxygen atoms in total. The number of hydrogen-bond acceptors (Lipinski definition) is 5. The van der Waals surface area contributed by atoms with Crippen molar-refractivity contribution in [3.63, 3.8) is 0 Å². The number of aldehydes is 1. The number of carbonyl (C=O) groups excluding carboxylic acids is 4. The van der Waals surface area contributed by atoms with Crippen LogP contribution in [0, 0.1) is 5.92 Å². The molecular formula is C18H25N3O5. The maximum atomic E-state index is 12.0. The first-order chi connectivity index (χ1) is 12.5. The summed E-state index contributed by atoms with van der Waals surface area (Å²) in [7, 11) is 0. The van der Waals surface area contributed by atoms with Crippen LogP contribution in [0.5, 0.6) is 0 Å². The molecule has 1 aromatic carbocycles. The molecule has 0 bridgehead atoms. The Morgan fingerprint density at radius 2 is 1.85 bits per heavy atom. The fourth-order valence-electron chi connectivity index (χ4n) is 2.11. The molecular weight excluding hydrogens is 338 g/mol. The second kappa shape index (κ2) is 11.6. The van der Waals surface area contributed by atoms with E-state index in [-0.39, 0.29) is 25.6 Å². The first-order valence-electron chi connectivity index (χ1n) is 8.43. The van der Waals surface area contributed by atoms with E-state index in [4.69, 9.17) is 4.74 Å². The lowest BCUT2D eigenvalue weighted by molar-refractivity contribution is -0.130. The molecule has 3 N–H and O–H groups in total. The molecule has 2 atom stereocenters. The maximum Gasteiger partial charge on any atom is 0.407 e. The van der Waals surface area contributed by atoms with Crippen LogP contribution in [-0.2, 0) is 25.7 Å². The van der Waals surface area contributed by atoms with Gasteiger partial charge in [0.2, 0.25) is 11.8 Å². The number of nitrogens with one attached hydrogen (secondary N) is 3. The molecule has 1 rings (SSSR count). The van der Waals surface area contributed by atoms with Crippen LogP contribution in [0.1, 0.15) is 25.8 Å².